The third-order valence-corrected chi connectivity index (χ3v) is 5.80. The van der Waals surface area contributed by atoms with Gasteiger partial charge in [0.15, 0.2) is 6.61 Å². The van der Waals surface area contributed by atoms with Gasteiger partial charge < -0.3 is 14.4 Å². The van der Waals surface area contributed by atoms with Crippen molar-refractivity contribution >= 4 is 17.6 Å². The number of carbonyl (C=O) groups is 2. The summed E-state index contributed by atoms with van der Waals surface area (Å²) in [5.74, 6) is 0.443. The molecule has 0 unspecified atom stereocenters. The molecule has 0 aliphatic heterocycles. The minimum Gasteiger partial charge on any atom is -0.460 e. The maximum Gasteiger partial charge on any atom is 0.344 e. The number of carbonyl (C=O) groups excluding carboxylic acids is 2. The molecule has 0 radical (unpaired) electrons. The minimum atomic E-state index is -0.500. The number of anilines is 1. The summed E-state index contributed by atoms with van der Waals surface area (Å²) in [6.07, 6.45) is 3.06. The monoisotopic (exact) mass is 389 g/mol. The zero-order valence-corrected chi connectivity index (χ0v) is 17.9. The molecule has 28 heavy (non-hydrogen) atoms. The van der Waals surface area contributed by atoms with Gasteiger partial charge in [0.25, 0.3) is 0 Å². The molecule has 156 valence electrons. The highest BCUT2D eigenvalue weighted by Crippen LogP contribution is 2.35. The lowest BCUT2D eigenvalue weighted by atomic mass is 9.75. The Balaban J connectivity index is 1.87. The summed E-state index contributed by atoms with van der Waals surface area (Å²) in [6, 6.07) is 7.27. The third-order valence-electron chi connectivity index (χ3n) is 5.80. The molecule has 0 N–H and O–H groups in total. The summed E-state index contributed by atoms with van der Waals surface area (Å²) in [5.41, 5.74) is 1.50. The lowest BCUT2D eigenvalue weighted by Gasteiger charge is -2.36. The molecule has 0 amide bonds. The number of rotatable bonds is 8. The zero-order chi connectivity index (χ0) is 20.7. The van der Waals surface area contributed by atoms with E-state index in [2.05, 4.69) is 39.5 Å². The maximum absolute atomic E-state index is 12.2. The van der Waals surface area contributed by atoms with Gasteiger partial charge in [0.05, 0.1) is 5.56 Å². The molecule has 1 aliphatic carbocycles. The van der Waals surface area contributed by atoms with Gasteiger partial charge in [-0.15, -0.1) is 0 Å². The van der Waals surface area contributed by atoms with Crippen LogP contribution in [-0.2, 0) is 14.3 Å². The molecule has 2 rings (SSSR count). The van der Waals surface area contributed by atoms with Gasteiger partial charge in [-0.3, -0.25) is 0 Å². The molecule has 0 spiro atoms. The van der Waals surface area contributed by atoms with E-state index in [0.29, 0.717) is 23.3 Å². The van der Waals surface area contributed by atoms with E-state index in [4.69, 9.17) is 9.47 Å². The first-order chi connectivity index (χ1) is 13.3. The van der Waals surface area contributed by atoms with Crippen LogP contribution in [0.15, 0.2) is 24.3 Å². The number of esters is 2. The molecule has 5 nitrogen and oxygen atoms in total. The molecule has 1 aliphatic rings. The largest absolute Gasteiger partial charge is 0.460 e. The van der Waals surface area contributed by atoms with Crippen LogP contribution in [0.3, 0.4) is 0 Å². The first kappa shape index (κ1) is 22.3. The van der Waals surface area contributed by atoms with E-state index >= 15 is 0 Å². The van der Waals surface area contributed by atoms with Crippen molar-refractivity contribution in [2.75, 3.05) is 24.6 Å². The molecule has 0 aromatic heterocycles. The van der Waals surface area contributed by atoms with Crippen molar-refractivity contribution < 1.29 is 19.1 Å². The van der Waals surface area contributed by atoms with Crippen LogP contribution in [0.4, 0.5) is 5.69 Å². The van der Waals surface area contributed by atoms with Crippen LogP contribution in [0.1, 0.15) is 64.2 Å². The quantitative estimate of drug-likeness (QED) is 0.604. The Morgan fingerprint density at radius 3 is 2.32 bits per heavy atom. The summed E-state index contributed by atoms with van der Waals surface area (Å²) >= 11 is 0. The van der Waals surface area contributed by atoms with E-state index in [0.717, 1.165) is 31.6 Å². The topological polar surface area (TPSA) is 55.8 Å². The van der Waals surface area contributed by atoms with Crippen LogP contribution in [0.2, 0.25) is 0 Å². The molecule has 1 fully saturated rings. The molecule has 0 heterocycles. The number of benzene rings is 1. The number of ether oxygens (including phenoxy) is 2. The van der Waals surface area contributed by atoms with Crippen LogP contribution >= 0.6 is 0 Å². The first-order valence-electron chi connectivity index (χ1n) is 10.6. The van der Waals surface area contributed by atoms with E-state index in [-0.39, 0.29) is 12.7 Å². The van der Waals surface area contributed by atoms with Crippen molar-refractivity contribution in [2.24, 2.45) is 17.8 Å². The summed E-state index contributed by atoms with van der Waals surface area (Å²) in [5, 5.41) is 0. The van der Waals surface area contributed by atoms with Crippen molar-refractivity contribution in [2.45, 2.75) is 60.0 Å². The van der Waals surface area contributed by atoms with Gasteiger partial charge in [-0.2, -0.15) is 0 Å². The fraction of sp³-hybridized carbons (Fsp3) is 0.652. The van der Waals surface area contributed by atoms with Crippen LogP contribution < -0.4 is 4.90 Å². The van der Waals surface area contributed by atoms with Gasteiger partial charge in [0.1, 0.15) is 6.10 Å². The fourth-order valence-electron chi connectivity index (χ4n) is 4.06. The van der Waals surface area contributed by atoms with Crippen molar-refractivity contribution in [1.82, 2.24) is 0 Å². The molecule has 1 saturated carbocycles. The summed E-state index contributed by atoms with van der Waals surface area (Å²) in [7, 11) is 0. The fourth-order valence-corrected chi connectivity index (χ4v) is 4.06. The Morgan fingerprint density at radius 2 is 1.75 bits per heavy atom. The zero-order valence-electron chi connectivity index (χ0n) is 17.9. The van der Waals surface area contributed by atoms with Gasteiger partial charge >= 0.3 is 11.9 Å². The normalized spacial score (nSPS) is 22.0. The van der Waals surface area contributed by atoms with E-state index < -0.39 is 11.9 Å². The molecule has 0 bridgehead atoms. The predicted octanol–water partition coefficient (Wildman–Crippen LogP) is 4.69. The summed E-state index contributed by atoms with van der Waals surface area (Å²) in [4.78, 5) is 26.7. The Kier molecular flexibility index (Phi) is 8.34. The molecular formula is C23H35NO4. The Hall–Kier alpha value is -2.04. The van der Waals surface area contributed by atoms with Gasteiger partial charge in [-0.25, -0.2) is 9.59 Å². The average molecular weight is 390 g/mol. The molecule has 0 saturated heterocycles. The van der Waals surface area contributed by atoms with E-state index in [1.165, 1.54) is 6.42 Å². The molecule has 1 aromatic carbocycles. The maximum atomic E-state index is 12.2. The number of hydrogen-bond acceptors (Lipinski definition) is 5. The van der Waals surface area contributed by atoms with Crippen LogP contribution in [0.25, 0.3) is 0 Å². The summed E-state index contributed by atoms with van der Waals surface area (Å²) < 4.78 is 10.9. The van der Waals surface area contributed by atoms with Crippen molar-refractivity contribution in [3.63, 3.8) is 0 Å². The van der Waals surface area contributed by atoms with E-state index in [1.807, 2.05) is 12.1 Å². The Bertz CT molecular complexity index is 637. The SMILES string of the molecule is CCN(CC)c1ccc(C(=O)OCC(=O)O[C@@H]2C[C@@H](C)CC[C@H]2C(C)C)cc1. The highest BCUT2D eigenvalue weighted by atomic mass is 16.6. The highest BCUT2D eigenvalue weighted by molar-refractivity contribution is 5.91. The number of nitrogens with zero attached hydrogens (tertiary/aromatic N) is 1. The highest BCUT2D eigenvalue weighted by Gasteiger charge is 2.33. The van der Waals surface area contributed by atoms with E-state index in [9.17, 15) is 9.59 Å². The minimum absolute atomic E-state index is 0.0803. The van der Waals surface area contributed by atoms with Gasteiger partial charge in [-0.1, -0.05) is 27.2 Å². The van der Waals surface area contributed by atoms with Crippen LogP contribution in [-0.4, -0.2) is 37.7 Å². The van der Waals surface area contributed by atoms with E-state index in [1.54, 1.807) is 12.1 Å². The molecule has 5 heteroatoms. The molecule has 3 atom stereocenters. The first-order valence-corrected chi connectivity index (χ1v) is 10.6. The molecule has 1 aromatic rings. The Labute approximate surface area is 169 Å². The van der Waals surface area contributed by atoms with Gasteiger partial charge in [-0.05, 0) is 68.7 Å². The standard InChI is InChI=1S/C23H35NO4/c1-6-24(7-2)19-11-9-18(10-12-19)23(26)27-15-22(25)28-21-14-17(5)8-13-20(21)16(3)4/h9-12,16-17,20-21H,6-8,13-15H2,1-5H3/t17-,20-,21+/m0/s1. The lowest BCUT2D eigenvalue weighted by molar-refractivity contribution is -0.159. The average Bonchev–Trinajstić information content (AvgIpc) is 2.67. The van der Waals surface area contributed by atoms with Crippen LogP contribution in [0, 0.1) is 17.8 Å². The van der Waals surface area contributed by atoms with Crippen molar-refractivity contribution in [3.05, 3.63) is 29.8 Å². The van der Waals surface area contributed by atoms with Gasteiger partial charge in [0, 0.05) is 18.8 Å². The predicted molar refractivity (Wildman–Crippen MR) is 112 cm³/mol. The van der Waals surface area contributed by atoms with Crippen LogP contribution in [0.5, 0.6) is 0 Å². The Morgan fingerprint density at radius 1 is 1.11 bits per heavy atom. The lowest BCUT2D eigenvalue weighted by Crippen LogP contribution is -2.36. The molecular weight excluding hydrogens is 354 g/mol. The smallest absolute Gasteiger partial charge is 0.344 e. The second kappa shape index (κ2) is 10.5. The van der Waals surface area contributed by atoms with Crippen molar-refractivity contribution in [1.29, 1.82) is 0 Å². The van der Waals surface area contributed by atoms with Crippen molar-refractivity contribution in [3.8, 4) is 0 Å². The summed E-state index contributed by atoms with van der Waals surface area (Å²) in [6.45, 7) is 12.2. The third kappa shape index (κ3) is 5.98. The number of hydrogen-bond donors (Lipinski definition) is 0. The second-order valence-corrected chi connectivity index (χ2v) is 8.15. The van der Waals surface area contributed by atoms with Gasteiger partial charge in [0.2, 0.25) is 0 Å². The second-order valence-electron chi connectivity index (χ2n) is 8.15.